The van der Waals surface area contributed by atoms with Crippen molar-refractivity contribution in [2.24, 2.45) is 0 Å². The minimum absolute atomic E-state index is 0.101. The summed E-state index contributed by atoms with van der Waals surface area (Å²) in [5.74, 6) is 1.34. The highest BCUT2D eigenvalue weighted by molar-refractivity contribution is 7.13. The molecule has 146 valence electrons. The van der Waals surface area contributed by atoms with Gasteiger partial charge in [0.1, 0.15) is 0 Å². The van der Waals surface area contributed by atoms with Crippen LogP contribution in [0.5, 0.6) is 0 Å². The van der Waals surface area contributed by atoms with Gasteiger partial charge in [0.2, 0.25) is 23.5 Å². The van der Waals surface area contributed by atoms with Crippen LogP contribution in [0.25, 0.3) is 10.7 Å². The van der Waals surface area contributed by atoms with Crippen molar-refractivity contribution in [3.05, 3.63) is 23.4 Å². The second-order valence-electron chi connectivity index (χ2n) is 6.55. The number of carbonyl (C=O) groups excluding carboxylic acids is 2. The fourth-order valence-corrected chi connectivity index (χ4v) is 3.69. The molecule has 1 N–H and O–H groups in total. The Labute approximate surface area is 162 Å². The van der Waals surface area contributed by atoms with Crippen LogP contribution in [0.1, 0.15) is 25.7 Å². The molecule has 1 saturated heterocycles. The molecule has 3 rings (SSSR count). The Bertz CT molecular complexity index is 738. The highest BCUT2D eigenvalue weighted by Gasteiger charge is 2.20. The molecule has 3 heterocycles. The Morgan fingerprint density at radius 2 is 2.11 bits per heavy atom. The van der Waals surface area contributed by atoms with E-state index >= 15 is 0 Å². The highest BCUT2D eigenvalue weighted by atomic mass is 32.1. The number of thiophene rings is 1. The molecule has 8 nitrogen and oxygen atoms in total. The molecular formula is C18H25N5O3S. The van der Waals surface area contributed by atoms with Gasteiger partial charge in [-0.15, -0.1) is 11.3 Å². The summed E-state index contributed by atoms with van der Waals surface area (Å²) in [5.41, 5.74) is 0. The molecule has 2 aromatic rings. The van der Waals surface area contributed by atoms with Gasteiger partial charge >= 0.3 is 0 Å². The third-order valence-electron chi connectivity index (χ3n) is 4.51. The summed E-state index contributed by atoms with van der Waals surface area (Å²) >= 11 is 1.60. The first-order valence-corrected chi connectivity index (χ1v) is 10.1. The van der Waals surface area contributed by atoms with Crippen molar-refractivity contribution in [2.45, 2.75) is 26.2 Å². The normalized spacial score (nSPS) is 15.1. The van der Waals surface area contributed by atoms with Crippen molar-refractivity contribution in [2.75, 3.05) is 39.3 Å². The van der Waals surface area contributed by atoms with Crippen molar-refractivity contribution in [1.82, 2.24) is 25.3 Å². The van der Waals surface area contributed by atoms with Crippen LogP contribution in [0, 0.1) is 0 Å². The largest absolute Gasteiger partial charge is 0.356 e. The lowest BCUT2D eigenvalue weighted by Crippen LogP contribution is -2.49. The molecular weight excluding hydrogens is 366 g/mol. The Kier molecular flexibility index (Phi) is 6.94. The molecule has 1 aliphatic rings. The first kappa shape index (κ1) is 19.5. The van der Waals surface area contributed by atoms with Gasteiger partial charge in [0.25, 0.3) is 0 Å². The van der Waals surface area contributed by atoms with Crippen molar-refractivity contribution in [3.63, 3.8) is 0 Å². The van der Waals surface area contributed by atoms with Crippen molar-refractivity contribution in [1.29, 1.82) is 0 Å². The lowest BCUT2D eigenvalue weighted by Gasteiger charge is -2.34. The molecule has 0 radical (unpaired) electrons. The first-order chi connectivity index (χ1) is 13.1. The molecule has 2 amide bonds. The smallest absolute Gasteiger partial charge is 0.227 e. The first-order valence-electron chi connectivity index (χ1n) is 9.23. The number of aromatic nitrogens is 2. The maximum absolute atomic E-state index is 12.1. The molecule has 0 aliphatic carbocycles. The standard InChI is InChI=1S/C18H25N5O3S/c1-14(24)19-7-6-17(25)23-11-9-22(10-12-23)8-2-5-16-20-18(21-26-16)15-4-3-13-27-15/h3-4,13H,2,5-12H2,1H3,(H,19,24). The van der Waals surface area contributed by atoms with E-state index in [2.05, 4.69) is 20.4 Å². The maximum atomic E-state index is 12.1. The summed E-state index contributed by atoms with van der Waals surface area (Å²) in [7, 11) is 0. The molecule has 9 heteroatoms. The highest BCUT2D eigenvalue weighted by Crippen LogP contribution is 2.21. The maximum Gasteiger partial charge on any atom is 0.227 e. The Morgan fingerprint density at radius 1 is 1.30 bits per heavy atom. The van der Waals surface area contributed by atoms with Gasteiger partial charge in [-0.1, -0.05) is 11.2 Å². The lowest BCUT2D eigenvalue weighted by molar-refractivity contribution is -0.132. The van der Waals surface area contributed by atoms with Crippen molar-refractivity contribution < 1.29 is 14.1 Å². The van der Waals surface area contributed by atoms with Crippen LogP contribution >= 0.6 is 11.3 Å². The minimum atomic E-state index is -0.101. The van der Waals surface area contributed by atoms with Gasteiger partial charge in [-0.3, -0.25) is 14.5 Å². The third kappa shape index (κ3) is 5.86. The van der Waals surface area contributed by atoms with Crippen molar-refractivity contribution >= 4 is 23.2 Å². The van der Waals surface area contributed by atoms with E-state index in [1.165, 1.54) is 6.92 Å². The van der Waals surface area contributed by atoms with Crippen LogP contribution in [0.15, 0.2) is 22.0 Å². The van der Waals surface area contributed by atoms with E-state index in [-0.39, 0.29) is 11.8 Å². The molecule has 0 saturated carbocycles. The minimum Gasteiger partial charge on any atom is -0.356 e. The number of rotatable bonds is 8. The summed E-state index contributed by atoms with van der Waals surface area (Å²) in [4.78, 5) is 32.7. The molecule has 1 fully saturated rings. The van der Waals surface area contributed by atoms with Crippen LogP contribution < -0.4 is 5.32 Å². The van der Waals surface area contributed by atoms with Gasteiger partial charge < -0.3 is 14.7 Å². The number of nitrogens with one attached hydrogen (secondary N) is 1. The second-order valence-corrected chi connectivity index (χ2v) is 7.50. The fourth-order valence-electron chi connectivity index (χ4n) is 3.04. The number of carbonyl (C=O) groups is 2. The second kappa shape index (κ2) is 9.61. The summed E-state index contributed by atoms with van der Waals surface area (Å²) in [6.07, 6.45) is 2.07. The Hall–Kier alpha value is -2.26. The van der Waals surface area contributed by atoms with Crippen LogP contribution in [0.3, 0.4) is 0 Å². The predicted octanol–water partition coefficient (Wildman–Crippen LogP) is 1.40. The van der Waals surface area contributed by atoms with Gasteiger partial charge in [-0.2, -0.15) is 4.98 Å². The number of aryl methyl sites for hydroxylation is 1. The van der Waals surface area contributed by atoms with E-state index in [4.69, 9.17) is 4.52 Å². The van der Waals surface area contributed by atoms with E-state index in [1.807, 2.05) is 22.4 Å². The average molecular weight is 391 g/mol. The lowest BCUT2D eigenvalue weighted by atomic mass is 10.2. The Balaban J connectivity index is 1.33. The van der Waals surface area contributed by atoms with E-state index in [1.54, 1.807) is 11.3 Å². The molecule has 0 spiro atoms. The molecule has 27 heavy (non-hydrogen) atoms. The van der Waals surface area contributed by atoms with Gasteiger partial charge in [-0.25, -0.2) is 0 Å². The van der Waals surface area contributed by atoms with E-state index < -0.39 is 0 Å². The summed E-state index contributed by atoms with van der Waals surface area (Å²) in [6.45, 7) is 6.04. The molecule has 0 atom stereocenters. The molecule has 0 aromatic carbocycles. The van der Waals surface area contributed by atoms with Crippen LogP contribution in [0.4, 0.5) is 0 Å². The number of hydrogen-bond donors (Lipinski definition) is 1. The monoisotopic (exact) mass is 391 g/mol. The Morgan fingerprint density at radius 3 is 2.81 bits per heavy atom. The van der Waals surface area contributed by atoms with E-state index in [9.17, 15) is 9.59 Å². The SMILES string of the molecule is CC(=O)NCCC(=O)N1CCN(CCCc2nc(-c3cccs3)no2)CC1. The van der Waals surface area contributed by atoms with Gasteiger partial charge in [0, 0.05) is 52.5 Å². The number of piperazine rings is 1. The van der Waals surface area contributed by atoms with Crippen LogP contribution in [0.2, 0.25) is 0 Å². The predicted molar refractivity (Wildman–Crippen MR) is 102 cm³/mol. The van der Waals surface area contributed by atoms with E-state index in [0.29, 0.717) is 24.7 Å². The van der Waals surface area contributed by atoms with Crippen LogP contribution in [-0.2, 0) is 16.0 Å². The fraction of sp³-hybridized carbons (Fsp3) is 0.556. The van der Waals surface area contributed by atoms with Gasteiger partial charge in [-0.05, 0) is 24.4 Å². The molecule has 2 aromatic heterocycles. The van der Waals surface area contributed by atoms with Gasteiger partial charge in [0.15, 0.2) is 0 Å². The van der Waals surface area contributed by atoms with Gasteiger partial charge in [0.05, 0.1) is 4.88 Å². The number of hydrogen-bond acceptors (Lipinski definition) is 7. The van der Waals surface area contributed by atoms with E-state index in [0.717, 1.165) is 50.4 Å². The zero-order chi connectivity index (χ0) is 19.1. The summed E-state index contributed by atoms with van der Waals surface area (Å²) in [5, 5.41) is 8.69. The zero-order valence-electron chi connectivity index (χ0n) is 15.5. The molecule has 0 unspecified atom stereocenters. The topological polar surface area (TPSA) is 91.6 Å². The zero-order valence-corrected chi connectivity index (χ0v) is 16.3. The number of amides is 2. The average Bonchev–Trinajstić information content (AvgIpc) is 3.33. The third-order valence-corrected chi connectivity index (χ3v) is 5.38. The number of nitrogens with zero attached hydrogens (tertiary/aromatic N) is 4. The van der Waals surface area contributed by atoms with Crippen LogP contribution in [-0.4, -0.2) is 71.0 Å². The summed E-state index contributed by atoms with van der Waals surface area (Å²) in [6, 6.07) is 3.95. The quantitative estimate of drug-likeness (QED) is 0.731. The summed E-state index contributed by atoms with van der Waals surface area (Å²) < 4.78 is 5.32. The molecule has 0 bridgehead atoms. The van der Waals surface area contributed by atoms with Crippen molar-refractivity contribution in [3.8, 4) is 10.7 Å². The molecule has 1 aliphatic heterocycles.